The Balaban J connectivity index is 2.15. The number of hydrogen-bond acceptors (Lipinski definition) is 4. The van der Waals surface area contributed by atoms with E-state index in [1.54, 1.807) is 12.1 Å². The third-order valence-corrected chi connectivity index (χ3v) is 5.83. The smallest absolute Gasteiger partial charge is 0.342 e. The Morgan fingerprint density at radius 3 is 2.25 bits per heavy atom. The van der Waals surface area contributed by atoms with Gasteiger partial charge in [-0.2, -0.15) is 4.31 Å². The summed E-state index contributed by atoms with van der Waals surface area (Å²) in [7, 11) is -2.56. The number of phenols is 1. The molecule has 0 spiro atoms. The number of hydrogen-bond donors (Lipinski definition) is 1. The van der Waals surface area contributed by atoms with Crippen molar-refractivity contribution in [3.8, 4) is 5.75 Å². The second-order valence-corrected chi connectivity index (χ2v) is 7.76. The lowest BCUT2D eigenvalue weighted by molar-refractivity contribution is 0.255. The van der Waals surface area contributed by atoms with Crippen molar-refractivity contribution < 1.29 is 18.3 Å². The van der Waals surface area contributed by atoms with Gasteiger partial charge in [-0.1, -0.05) is 26.0 Å². The molecule has 126 valence electrons. The van der Waals surface area contributed by atoms with Crippen LogP contribution in [0.15, 0.2) is 47.4 Å². The Labute approximate surface area is 141 Å². The highest BCUT2D eigenvalue weighted by molar-refractivity contribution is 7.94. The summed E-state index contributed by atoms with van der Waals surface area (Å²) in [6.45, 7) is 4.07. The Kier molecular flexibility index (Phi) is 3.76. The standard InChI is InChI=1S/C17H18N2O4S/c1-11(2)12-4-6-13(7-5-12)19-17(21)18(3)15-10-14(20)8-9-16(15)24(19,22)23/h4-11,20H,1-3H3. The molecule has 24 heavy (non-hydrogen) atoms. The van der Waals surface area contributed by atoms with Crippen LogP contribution in [0.25, 0.3) is 0 Å². The summed E-state index contributed by atoms with van der Waals surface area (Å²) in [5.74, 6) is 0.206. The average molecular weight is 346 g/mol. The van der Waals surface area contributed by atoms with Gasteiger partial charge in [-0.25, -0.2) is 13.2 Å². The van der Waals surface area contributed by atoms with E-state index < -0.39 is 16.1 Å². The minimum atomic E-state index is -4.04. The lowest BCUT2D eigenvalue weighted by Gasteiger charge is -2.34. The predicted molar refractivity (Wildman–Crippen MR) is 92.1 cm³/mol. The second kappa shape index (κ2) is 5.52. The van der Waals surface area contributed by atoms with E-state index in [9.17, 15) is 18.3 Å². The first-order valence-electron chi connectivity index (χ1n) is 7.49. The van der Waals surface area contributed by atoms with Crippen molar-refractivity contribution in [3.05, 3.63) is 48.0 Å². The number of urea groups is 1. The fourth-order valence-electron chi connectivity index (χ4n) is 2.67. The van der Waals surface area contributed by atoms with E-state index in [1.807, 2.05) is 26.0 Å². The quantitative estimate of drug-likeness (QED) is 0.905. The van der Waals surface area contributed by atoms with Crippen LogP contribution in [0.5, 0.6) is 5.75 Å². The summed E-state index contributed by atoms with van der Waals surface area (Å²) < 4.78 is 26.6. The van der Waals surface area contributed by atoms with E-state index in [1.165, 1.54) is 30.1 Å². The van der Waals surface area contributed by atoms with E-state index >= 15 is 0 Å². The first-order valence-corrected chi connectivity index (χ1v) is 8.93. The molecule has 0 saturated heterocycles. The largest absolute Gasteiger partial charge is 0.508 e. The number of carbonyl (C=O) groups excluding carboxylic acids is 1. The predicted octanol–water partition coefficient (Wildman–Crippen LogP) is 3.28. The molecule has 0 radical (unpaired) electrons. The molecule has 0 aromatic heterocycles. The van der Waals surface area contributed by atoms with Gasteiger partial charge in [-0.15, -0.1) is 0 Å². The number of rotatable bonds is 2. The number of amides is 2. The fourth-order valence-corrected chi connectivity index (χ4v) is 4.29. The van der Waals surface area contributed by atoms with Gasteiger partial charge in [-0.3, -0.25) is 4.90 Å². The Morgan fingerprint density at radius 1 is 1.04 bits per heavy atom. The van der Waals surface area contributed by atoms with E-state index in [-0.39, 0.29) is 22.0 Å². The molecule has 1 aliphatic heterocycles. The molecule has 0 aliphatic carbocycles. The summed E-state index contributed by atoms with van der Waals surface area (Å²) in [5, 5.41) is 9.58. The first kappa shape index (κ1) is 16.3. The van der Waals surface area contributed by atoms with Gasteiger partial charge in [0, 0.05) is 13.1 Å². The Bertz CT molecular complexity index is 905. The van der Waals surface area contributed by atoms with Crippen LogP contribution < -0.4 is 9.21 Å². The lowest BCUT2D eigenvalue weighted by atomic mass is 10.0. The molecule has 1 N–H and O–H groups in total. The van der Waals surface area contributed by atoms with Crippen molar-refractivity contribution in [2.24, 2.45) is 0 Å². The minimum absolute atomic E-state index is 0.0182. The second-order valence-electron chi connectivity index (χ2n) is 6.01. The maximum absolute atomic E-state index is 12.9. The molecule has 2 amide bonds. The molecule has 0 fully saturated rings. The van der Waals surface area contributed by atoms with Gasteiger partial charge in [0.25, 0.3) is 10.0 Å². The van der Waals surface area contributed by atoms with E-state index in [4.69, 9.17) is 0 Å². The molecule has 2 aromatic rings. The normalized spacial score (nSPS) is 16.4. The molecule has 3 rings (SSSR count). The van der Waals surface area contributed by atoms with Gasteiger partial charge in [0.05, 0.1) is 11.4 Å². The SMILES string of the molecule is CC(C)c1ccc(N2C(=O)N(C)c3cc(O)ccc3S2(=O)=O)cc1. The number of aromatic hydroxyl groups is 1. The topological polar surface area (TPSA) is 77.9 Å². The molecule has 0 unspecified atom stereocenters. The van der Waals surface area contributed by atoms with Crippen molar-refractivity contribution in [2.45, 2.75) is 24.7 Å². The number of fused-ring (bicyclic) bond motifs is 1. The fraction of sp³-hybridized carbons (Fsp3) is 0.235. The molecular formula is C17H18N2O4S. The van der Waals surface area contributed by atoms with Crippen LogP contribution in [-0.4, -0.2) is 26.6 Å². The number of nitrogens with zero attached hydrogens (tertiary/aromatic N) is 2. The Hall–Kier alpha value is -2.54. The third kappa shape index (κ3) is 2.41. The monoisotopic (exact) mass is 346 g/mol. The van der Waals surface area contributed by atoms with E-state index in [0.29, 0.717) is 5.92 Å². The van der Waals surface area contributed by atoms with Crippen molar-refractivity contribution in [3.63, 3.8) is 0 Å². The summed E-state index contributed by atoms with van der Waals surface area (Å²) >= 11 is 0. The molecule has 6 nitrogen and oxygen atoms in total. The Morgan fingerprint density at radius 2 is 1.67 bits per heavy atom. The highest BCUT2D eigenvalue weighted by Gasteiger charge is 2.41. The van der Waals surface area contributed by atoms with Gasteiger partial charge < -0.3 is 5.11 Å². The van der Waals surface area contributed by atoms with Crippen LogP contribution in [-0.2, 0) is 10.0 Å². The van der Waals surface area contributed by atoms with Gasteiger partial charge in [0.15, 0.2) is 0 Å². The number of benzene rings is 2. The highest BCUT2D eigenvalue weighted by atomic mass is 32.2. The third-order valence-electron chi connectivity index (χ3n) is 4.08. The van der Waals surface area contributed by atoms with Crippen LogP contribution >= 0.6 is 0 Å². The zero-order valence-electron chi connectivity index (χ0n) is 13.6. The maximum Gasteiger partial charge on any atom is 0.342 e. The molecule has 7 heteroatoms. The molecule has 0 saturated carbocycles. The lowest BCUT2D eigenvalue weighted by Crippen LogP contribution is -2.49. The number of anilines is 2. The van der Waals surface area contributed by atoms with Crippen LogP contribution in [0.3, 0.4) is 0 Å². The summed E-state index contributed by atoms with van der Waals surface area (Å²) in [5.41, 5.74) is 1.50. The zero-order chi connectivity index (χ0) is 17.6. The maximum atomic E-state index is 12.9. The van der Waals surface area contributed by atoms with E-state index in [0.717, 1.165) is 9.87 Å². The molecular weight excluding hydrogens is 328 g/mol. The highest BCUT2D eigenvalue weighted by Crippen LogP contribution is 2.38. The number of phenolic OH excluding ortho intramolecular Hbond substituents is 1. The molecule has 0 atom stereocenters. The van der Waals surface area contributed by atoms with Crippen LogP contribution in [0.4, 0.5) is 16.2 Å². The first-order chi connectivity index (χ1) is 11.2. The summed E-state index contributed by atoms with van der Waals surface area (Å²) in [4.78, 5) is 13.8. The summed E-state index contributed by atoms with van der Waals surface area (Å²) in [6.07, 6.45) is 0. The van der Waals surface area contributed by atoms with Gasteiger partial charge >= 0.3 is 6.03 Å². The molecule has 1 heterocycles. The van der Waals surface area contributed by atoms with Gasteiger partial charge in [-0.05, 0) is 35.7 Å². The summed E-state index contributed by atoms with van der Waals surface area (Å²) in [6, 6.07) is 10.1. The van der Waals surface area contributed by atoms with Crippen molar-refractivity contribution in [2.75, 3.05) is 16.3 Å². The van der Waals surface area contributed by atoms with E-state index in [2.05, 4.69) is 0 Å². The zero-order valence-corrected chi connectivity index (χ0v) is 14.4. The van der Waals surface area contributed by atoms with Gasteiger partial charge in [0.1, 0.15) is 10.6 Å². The van der Waals surface area contributed by atoms with Crippen molar-refractivity contribution >= 4 is 27.4 Å². The number of sulfonamides is 1. The van der Waals surface area contributed by atoms with Crippen LogP contribution in [0.1, 0.15) is 25.3 Å². The molecule has 0 bridgehead atoms. The van der Waals surface area contributed by atoms with Gasteiger partial charge in [0.2, 0.25) is 0 Å². The average Bonchev–Trinajstić information content (AvgIpc) is 2.53. The van der Waals surface area contributed by atoms with Crippen LogP contribution in [0, 0.1) is 0 Å². The molecule has 1 aliphatic rings. The van der Waals surface area contributed by atoms with Crippen LogP contribution in [0.2, 0.25) is 0 Å². The van der Waals surface area contributed by atoms with Crippen molar-refractivity contribution in [1.29, 1.82) is 0 Å². The minimum Gasteiger partial charge on any atom is -0.508 e. The molecule has 2 aromatic carbocycles. The number of carbonyl (C=O) groups is 1. The van der Waals surface area contributed by atoms with Crippen molar-refractivity contribution in [1.82, 2.24) is 0 Å².